The van der Waals surface area contributed by atoms with Gasteiger partial charge in [0, 0.05) is 24.5 Å². The Morgan fingerprint density at radius 3 is 2.57 bits per heavy atom. The highest BCUT2D eigenvalue weighted by atomic mass is 35.5. The van der Waals surface area contributed by atoms with E-state index in [0.717, 1.165) is 5.69 Å². The Bertz CT molecular complexity index is 1090. The number of hydrogen-bond donors (Lipinski definition) is 1. The zero-order valence-electron chi connectivity index (χ0n) is 15.1. The van der Waals surface area contributed by atoms with Crippen molar-refractivity contribution in [2.75, 3.05) is 7.05 Å². The van der Waals surface area contributed by atoms with Crippen LogP contribution in [0.1, 0.15) is 17.0 Å². The number of thiocarbonyl (C=S) groups is 1. The molecule has 8 nitrogen and oxygen atoms in total. The average Bonchev–Trinajstić information content (AvgIpc) is 2.91. The van der Waals surface area contributed by atoms with Crippen LogP contribution in [0.5, 0.6) is 0 Å². The second kappa shape index (κ2) is 7.17. The minimum atomic E-state index is -0.569. The molecule has 2 aromatic rings. The molecular weight excluding hydrogens is 404 g/mol. The summed E-state index contributed by atoms with van der Waals surface area (Å²) in [6, 6.07) is 6.29. The zero-order valence-corrected chi connectivity index (χ0v) is 16.7. The lowest BCUT2D eigenvalue weighted by atomic mass is 10.1. The van der Waals surface area contributed by atoms with E-state index in [-0.39, 0.29) is 21.4 Å². The largest absolute Gasteiger partial charge is 0.318 e. The highest BCUT2D eigenvalue weighted by molar-refractivity contribution is 7.80. The van der Waals surface area contributed by atoms with Crippen LogP contribution in [0.15, 0.2) is 29.8 Å². The summed E-state index contributed by atoms with van der Waals surface area (Å²) >= 11 is 10.8. The first-order chi connectivity index (χ1) is 13.1. The Morgan fingerprint density at radius 2 is 1.93 bits per heavy atom. The predicted octanol–water partition coefficient (Wildman–Crippen LogP) is 2.91. The topological polar surface area (TPSA) is 97.5 Å². The van der Waals surface area contributed by atoms with Gasteiger partial charge in [-0.05, 0) is 55.9 Å². The number of rotatable bonds is 3. The van der Waals surface area contributed by atoms with Crippen LogP contribution in [0.25, 0.3) is 11.8 Å². The van der Waals surface area contributed by atoms with E-state index in [1.54, 1.807) is 23.6 Å². The van der Waals surface area contributed by atoms with Gasteiger partial charge in [-0.1, -0.05) is 11.6 Å². The number of amides is 2. The number of hydrogen-bond acceptors (Lipinski definition) is 5. The number of likely N-dealkylation sites (N-methyl/N-ethyl adjacent to an activating group) is 1. The van der Waals surface area contributed by atoms with Crippen LogP contribution in [0.3, 0.4) is 0 Å². The van der Waals surface area contributed by atoms with Crippen molar-refractivity contribution < 1.29 is 14.5 Å². The van der Waals surface area contributed by atoms with Gasteiger partial charge in [0.25, 0.3) is 17.5 Å². The molecule has 10 heteroatoms. The van der Waals surface area contributed by atoms with Gasteiger partial charge in [0.05, 0.1) is 10.6 Å². The molecule has 1 aromatic heterocycles. The quantitative estimate of drug-likeness (QED) is 0.272. The lowest BCUT2D eigenvalue weighted by molar-refractivity contribution is -0.384. The van der Waals surface area contributed by atoms with Crippen molar-refractivity contribution in [1.29, 1.82) is 0 Å². The van der Waals surface area contributed by atoms with E-state index in [4.69, 9.17) is 23.8 Å². The highest BCUT2D eigenvalue weighted by Gasteiger charge is 2.31. The monoisotopic (exact) mass is 418 g/mol. The molecule has 0 bridgehead atoms. The van der Waals surface area contributed by atoms with E-state index in [0.29, 0.717) is 16.9 Å². The van der Waals surface area contributed by atoms with E-state index in [2.05, 4.69) is 5.32 Å². The first-order valence-corrected chi connectivity index (χ1v) is 8.88. The normalized spacial score (nSPS) is 15.9. The molecule has 0 radical (unpaired) electrons. The number of nitrogens with one attached hydrogen (secondary N) is 1. The van der Waals surface area contributed by atoms with Gasteiger partial charge in [-0.2, -0.15) is 0 Å². The summed E-state index contributed by atoms with van der Waals surface area (Å²) in [7, 11) is 1.48. The van der Waals surface area contributed by atoms with E-state index in [1.165, 1.54) is 30.2 Å². The fourth-order valence-corrected chi connectivity index (χ4v) is 3.37. The van der Waals surface area contributed by atoms with Gasteiger partial charge in [-0.3, -0.25) is 29.9 Å². The van der Waals surface area contributed by atoms with E-state index >= 15 is 0 Å². The summed E-state index contributed by atoms with van der Waals surface area (Å²) in [6.45, 7) is 3.61. The summed E-state index contributed by atoms with van der Waals surface area (Å²) in [5, 5.41) is 13.7. The maximum Gasteiger partial charge on any atom is 0.289 e. The number of nitrogens with zero attached hydrogens (tertiary/aromatic N) is 3. The molecular formula is C18H15ClN4O4S. The fourth-order valence-electron chi connectivity index (χ4n) is 3.01. The van der Waals surface area contributed by atoms with E-state index in [1.807, 2.05) is 6.92 Å². The third kappa shape index (κ3) is 3.30. The number of carbonyl (C=O) groups excluding carboxylic acids is 2. The summed E-state index contributed by atoms with van der Waals surface area (Å²) < 4.78 is 1.79. The van der Waals surface area contributed by atoms with Crippen LogP contribution in [0, 0.1) is 24.0 Å². The SMILES string of the molecule is Cc1cc(C=C2C(=O)NC(=S)N(C)C2=O)c(C)n1-c1ccc(Cl)c([N+](=O)[O-])c1. The fraction of sp³-hybridized carbons (Fsp3) is 0.167. The molecule has 2 amide bonds. The number of nitro groups is 1. The second-order valence-corrected chi connectivity index (χ2v) is 7.03. The number of halogens is 1. The summed E-state index contributed by atoms with van der Waals surface area (Å²) in [6.07, 6.45) is 1.49. The minimum Gasteiger partial charge on any atom is -0.318 e. The molecule has 1 saturated heterocycles. The molecule has 0 saturated carbocycles. The second-order valence-electron chi connectivity index (χ2n) is 6.24. The molecule has 1 aliphatic heterocycles. The third-order valence-electron chi connectivity index (χ3n) is 4.46. The zero-order chi connectivity index (χ0) is 20.7. The molecule has 1 N–H and O–H groups in total. The Balaban J connectivity index is 2.10. The van der Waals surface area contributed by atoms with E-state index in [9.17, 15) is 19.7 Å². The summed E-state index contributed by atoms with van der Waals surface area (Å²) in [5.74, 6) is -1.07. The first kappa shape index (κ1) is 19.7. The maximum absolute atomic E-state index is 12.4. The lowest BCUT2D eigenvalue weighted by Crippen LogP contribution is -2.52. The standard InChI is InChI=1S/C18H15ClN4O4S/c1-9-6-11(7-13-16(24)20-18(28)21(3)17(13)25)10(2)22(9)12-4-5-14(19)15(8-12)23(26)27/h4-8H,1-3H3,(H,20,24,28). The van der Waals surface area contributed by atoms with Crippen LogP contribution >= 0.6 is 23.8 Å². The van der Waals surface area contributed by atoms with Crippen molar-refractivity contribution in [2.45, 2.75) is 13.8 Å². The molecule has 0 aliphatic carbocycles. The number of benzene rings is 1. The summed E-state index contributed by atoms with van der Waals surface area (Å²) in [5.41, 5.74) is 2.41. The molecule has 1 fully saturated rings. The Labute approximate surface area is 170 Å². The van der Waals surface area contributed by atoms with Gasteiger partial charge >= 0.3 is 0 Å². The molecule has 1 aromatic carbocycles. The third-order valence-corrected chi connectivity index (χ3v) is 5.16. The minimum absolute atomic E-state index is 0.0431. The van der Waals surface area contributed by atoms with Crippen LogP contribution in [0.2, 0.25) is 5.02 Å². The van der Waals surface area contributed by atoms with Gasteiger partial charge in [-0.15, -0.1) is 0 Å². The van der Waals surface area contributed by atoms with Crippen molar-refractivity contribution in [2.24, 2.45) is 0 Å². The molecule has 0 spiro atoms. The van der Waals surface area contributed by atoms with Gasteiger partial charge in [-0.25, -0.2) is 0 Å². The number of nitro benzene ring substituents is 1. The van der Waals surface area contributed by atoms with Crippen molar-refractivity contribution in [3.05, 3.63) is 61.9 Å². The van der Waals surface area contributed by atoms with Gasteiger partial charge in [0.2, 0.25) is 0 Å². The van der Waals surface area contributed by atoms with Crippen molar-refractivity contribution >= 4 is 52.5 Å². The number of aryl methyl sites for hydroxylation is 1. The Hall–Kier alpha value is -3.04. The molecule has 1 aliphatic rings. The van der Waals surface area contributed by atoms with E-state index < -0.39 is 16.7 Å². The summed E-state index contributed by atoms with van der Waals surface area (Å²) in [4.78, 5) is 36.4. The van der Waals surface area contributed by atoms with Crippen LogP contribution in [-0.4, -0.2) is 38.4 Å². The van der Waals surface area contributed by atoms with Crippen LogP contribution in [0.4, 0.5) is 5.69 Å². The Morgan fingerprint density at radius 1 is 1.25 bits per heavy atom. The smallest absolute Gasteiger partial charge is 0.289 e. The molecule has 144 valence electrons. The van der Waals surface area contributed by atoms with Crippen LogP contribution in [-0.2, 0) is 9.59 Å². The predicted molar refractivity (Wildman–Crippen MR) is 108 cm³/mol. The Kier molecular flexibility index (Phi) is 5.05. The first-order valence-electron chi connectivity index (χ1n) is 8.10. The molecule has 0 unspecified atom stereocenters. The molecule has 3 rings (SSSR count). The lowest BCUT2D eigenvalue weighted by Gasteiger charge is -2.25. The van der Waals surface area contributed by atoms with Crippen molar-refractivity contribution in [1.82, 2.24) is 14.8 Å². The van der Waals surface area contributed by atoms with Crippen molar-refractivity contribution in [3.8, 4) is 5.69 Å². The van der Waals surface area contributed by atoms with Crippen LogP contribution < -0.4 is 5.32 Å². The number of carbonyl (C=O) groups is 2. The van der Waals surface area contributed by atoms with Crippen molar-refractivity contribution in [3.63, 3.8) is 0 Å². The van der Waals surface area contributed by atoms with Gasteiger partial charge < -0.3 is 4.57 Å². The number of aromatic nitrogens is 1. The molecule has 2 heterocycles. The highest BCUT2D eigenvalue weighted by Crippen LogP contribution is 2.30. The average molecular weight is 419 g/mol. The maximum atomic E-state index is 12.4. The van der Waals surface area contributed by atoms with Gasteiger partial charge in [0.1, 0.15) is 10.6 Å². The molecule has 28 heavy (non-hydrogen) atoms. The van der Waals surface area contributed by atoms with Gasteiger partial charge in [0.15, 0.2) is 5.11 Å². The molecule has 0 atom stereocenters.